The van der Waals surface area contributed by atoms with Gasteiger partial charge in [0.05, 0.1) is 12.0 Å². The molecule has 0 radical (unpaired) electrons. The van der Waals surface area contributed by atoms with Crippen molar-refractivity contribution in [3.05, 3.63) is 17.7 Å². The van der Waals surface area contributed by atoms with Gasteiger partial charge in [0, 0.05) is 25.2 Å². The Morgan fingerprint density at radius 1 is 1.71 bits per heavy atom. The lowest BCUT2D eigenvalue weighted by molar-refractivity contribution is -0.139. The zero-order valence-electron chi connectivity index (χ0n) is 10.3. The molecule has 0 saturated heterocycles. The first-order chi connectivity index (χ1) is 8.08. The van der Waals surface area contributed by atoms with E-state index in [0.717, 1.165) is 24.4 Å². The van der Waals surface area contributed by atoms with E-state index in [1.165, 1.54) is 0 Å². The Hall–Kier alpha value is -1.36. The second-order valence-corrected chi connectivity index (χ2v) is 4.99. The van der Waals surface area contributed by atoms with Crippen LogP contribution in [-0.2, 0) is 24.3 Å². The number of hydrogen-bond acceptors (Lipinski definition) is 3. The van der Waals surface area contributed by atoms with Crippen molar-refractivity contribution in [2.24, 2.45) is 5.92 Å². The summed E-state index contributed by atoms with van der Waals surface area (Å²) >= 11 is 0. The van der Waals surface area contributed by atoms with Crippen molar-refractivity contribution in [1.29, 1.82) is 0 Å². The maximum Gasteiger partial charge on any atom is 0.321 e. The maximum atomic E-state index is 11.0. The molecule has 2 heterocycles. The third-order valence-corrected chi connectivity index (χ3v) is 3.19. The zero-order chi connectivity index (χ0) is 12.4. The standard InChI is InChI=1S/C12H19N3O2/c1-8(2)3-4-15-7-14-10-6-13-9(12(16)17)5-11(10)15/h7-9,13H,3-6H2,1-2H3,(H,16,17). The number of imidazole rings is 1. The third-order valence-electron chi connectivity index (χ3n) is 3.19. The molecule has 1 aromatic heterocycles. The highest BCUT2D eigenvalue weighted by Gasteiger charge is 2.26. The summed E-state index contributed by atoms with van der Waals surface area (Å²) in [6.45, 7) is 5.85. The fraction of sp³-hybridized carbons (Fsp3) is 0.667. The second-order valence-electron chi connectivity index (χ2n) is 4.99. The monoisotopic (exact) mass is 237 g/mol. The van der Waals surface area contributed by atoms with E-state index in [2.05, 4.69) is 28.7 Å². The Morgan fingerprint density at radius 2 is 2.47 bits per heavy atom. The Labute approximate surface area is 101 Å². The molecule has 2 rings (SSSR count). The van der Waals surface area contributed by atoms with Crippen molar-refractivity contribution in [2.75, 3.05) is 0 Å². The molecule has 1 atom stereocenters. The lowest BCUT2D eigenvalue weighted by Crippen LogP contribution is -2.42. The van der Waals surface area contributed by atoms with E-state index >= 15 is 0 Å². The molecule has 0 spiro atoms. The van der Waals surface area contributed by atoms with Crippen LogP contribution < -0.4 is 5.32 Å². The van der Waals surface area contributed by atoms with E-state index in [1.54, 1.807) is 0 Å². The minimum Gasteiger partial charge on any atom is -0.480 e. The van der Waals surface area contributed by atoms with Crippen LogP contribution in [0.2, 0.25) is 0 Å². The number of carboxylic acid groups (broad SMARTS) is 1. The number of nitrogens with one attached hydrogen (secondary N) is 1. The summed E-state index contributed by atoms with van der Waals surface area (Å²) in [5.74, 6) is -0.141. The van der Waals surface area contributed by atoms with Gasteiger partial charge in [0.25, 0.3) is 0 Å². The van der Waals surface area contributed by atoms with Crippen LogP contribution in [0.1, 0.15) is 31.7 Å². The number of aromatic nitrogens is 2. The van der Waals surface area contributed by atoms with Crippen LogP contribution in [0.4, 0.5) is 0 Å². The number of fused-ring (bicyclic) bond motifs is 1. The number of carboxylic acids is 1. The molecular formula is C12H19N3O2. The number of nitrogens with zero attached hydrogens (tertiary/aromatic N) is 2. The van der Waals surface area contributed by atoms with Crippen molar-refractivity contribution >= 4 is 5.97 Å². The van der Waals surface area contributed by atoms with Crippen LogP contribution in [-0.4, -0.2) is 26.7 Å². The average Bonchev–Trinajstić information content (AvgIpc) is 2.68. The molecule has 2 N–H and O–H groups in total. The largest absolute Gasteiger partial charge is 0.480 e. The Kier molecular flexibility index (Phi) is 3.47. The molecule has 0 fully saturated rings. The van der Waals surface area contributed by atoms with Gasteiger partial charge in [-0.15, -0.1) is 0 Å². The third kappa shape index (κ3) is 2.66. The molecule has 5 nitrogen and oxygen atoms in total. The molecule has 1 aliphatic rings. The van der Waals surface area contributed by atoms with E-state index in [4.69, 9.17) is 5.11 Å². The quantitative estimate of drug-likeness (QED) is 0.820. The summed E-state index contributed by atoms with van der Waals surface area (Å²) < 4.78 is 2.10. The lowest BCUT2D eigenvalue weighted by Gasteiger charge is -2.21. The number of hydrogen-bond donors (Lipinski definition) is 2. The number of carbonyl (C=O) groups is 1. The van der Waals surface area contributed by atoms with Crippen LogP contribution >= 0.6 is 0 Å². The van der Waals surface area contributed by atoms with E-state index in [9.17, 15) is 4.79 Å². The number of aliphatic carboxylic acids is 1. The average molecular weight is 237 g/mol. The first-order valence-corrected chi connectivity index (χ1v) is 6.07. The Morgan fingerprint density at radius 3 is 3.12 bits per heavy atom. The maximum absolute atomic E-state index is 11.0. The molecule has 1 unspecified atom stereocenters. The van der Waals surface area contributed by atoms with Crippen LogP contribution in [0.3, 0.4) is 0 Å². The molecule has 0 aromatic carbocycles. The molecule has 5 heteroatoms. The van der Waals surface area contributed by atoms with Gasteiger partial charge in [0.1, 0.15) is 6.04 Å². The van der Waals surface area contributed by atoms with Crippen LogP contribution in [0, 0.1) is 5.92 Å². The van der Waals surface area contributed by atoms with Crippen LogP contribution in [0.5, 0.6) is 0 Å². The van der Waals surface area contributed by atoms with Crippen molar-refractivity contribution in [3.63, 3.8) is 0 Å². The highest BCUT2D eigenvalue weighted by atomic mass is 16.4. The topological polar surface area (TPSA) is 67.2 Å². The predicted molar refractivity (Wildman–Crippen MR) is 63.6 cm³/mol. The molecule has 0 saturated carbocycles. The molecule has 17 heavy (non-hydrogen) atoms. The zero-order valence-corrected chi connectivity index (χ0v) is 10.3. The van der Waals surface area contributed by atoms with Gasteiger partial charge in [0.2, 0.25) is 0 Å². The van der Waals surface area contributed by atoms with Gasteiger partial charge in [-0.1, -0.05) is 13.8 Å². The summed E-state index contributed by atoms with van der Waals surface area (Å²) in [5.41, 5.74) is 2.07. The van der Waals surface area contributed by atoms with Crippen molar-refractivity contribution in [3.8, 4) is 0 Å². The predicted octanol–water partition coefficient (Wildman–Crippen LogP) is 1.03. The SMILES string of the molecule is CC(C)CCn1cnc2c1CC(C(=O)O)NC2. The first-order valence-electron chi connectivity index (χ1n) is 6.07. The lowest BCUT2D eigenvalue weighted by atomic mass is 10.0. The molecule has 0 aliphatic carbocycles. The fourth-order valence-corrected chi connectivity index (χ4v) is 2.08. The summed E-state index contributed by atoms with van der Waals surface area (Å²) in [6, 6.07) is -0.475. The van der Waals surface area contributed by atoms with Gasteiger partial charge < -0.3 is 9.67 Å². The van der Waals surface area contributed by atoms with Crippen molar-refractivity contribution in [1.82, 2.24) is 14.9 Å². The Balaban J connectivity index is 2.11. The minimum atomic E-state index is -0.785. The summed E-state index contributed by atoms with van der Waals surface area (Å²) in [5, 5.41) is 12.0. The molecule has 0 bridgehead atoms. The van der Waals surface area contributed by atoms with E-state index < -0.39 is 12.0 Å². The van der Waals surface area contributed by atoms with Gasteiger partial charge in [-0.3, -0.25) is 10.1 Å². The van der Waals surface area contributed by atoms with E-state index in [1.807, 2.05) is 6.33 Å². The molecular weight excluding hydrogens is 218 g/mol. The van der Waals surface area contributed by atoms with Crippen LogP contribution in [0.15, 0.2) is 6.33 Å². The van der Waals surface area contributed by atoms with Crippen molar-refractivity contribution in [2.45, 2.75) is 45.8 Å². The van der Waals surface area contributed by atoms with Gasteiger partial charge in [0.15, 0.2) is 0 Å². The van der Waals surface area contributed by atoms with Gasteiger partial charge in [-0.05, 0) is 12.3 Å². The second kappa shape index (κ2) is 4.87. The van der Waals surface area contributed by atoms with E-state index in [-0.39, 0.29) is 0 Å². The van der Waals surface area contributed by atoms with Crippen LogP contribution in [0.25, 0.3) is 0 Å². The highest BCUT2D eigenvalue weighted by Crippen LogP contribution is 2.17. The minimum absolute atomic E-state index is 0.475. The summed E-state index contributed by atoms with van der Waals surface area (Å²) in [6.07, 6.45) is 3.45. The van der Waals surface area contributed by atoms with Crippen molar-refractivity contribution < 1.29 is 9.90 Å². The molecule has 0 amide bonds. The van der Waals surface area contributed by atoms with Gasteiger partial charge >= 0.3 is 5.97 Å². The molecule has 1 aliphatic heterocycles. The molecule has 1 aromatic rings. The molecule has 94 valence electrons. The summed E-state index contributed by atoms with van der Waals surface area (Å²) in [4.78, 5) is 15.3. The highest BCUT2D eigenvalue weighted by molar-refractivity contribution is 5.74. The smallest absolute Gasteiger partial charge is 0.321 e. The van der Waals surface area contributed by atoms with E-state index in [0.29, 0.717) is 18.9 Å². The van der Waals surface area contributed by atoms with Gasteiger partial charge in [-0.2, -0.15) is 0 Å². The number of rotatable bonds is 4. The first kappa shape index (κ1) is 12.1. The normalized spacial score (nSPS) is 19.4. The van der Waals surface area contributed by atoms with Gasteiger partial charge in [-0.25, -0.2) is 4.98 Å². The summed E-state index contributed by atoms with van der Waals surface area (Å²) in [7, 11) is 0. The fourth-order valence-electron chi connectivity index (χ4n) is 2.08. The Bertz CT molecular complexity index is 412. The number of aryl methyl sites for hydroxylation is 1.